The molecule has 0 aliphatic heterocycles. The van der Waals surface area contributed by atoms with Gasteiger partial charge in [0.2, 0.25) is 0 Å². The van der Waals surface area contributed by atoms with Crippen LogP contribution in [-0.2, 0) is 25.4 Å². The molecular weight excluding hydrogens is 459 g/mol. The number of aromatic nitrogens is 1. The monoisotopic (exact) mass is 477 g/mol. The van der Waals surface area contributed by atoms with Crippen molar-refractivity contribution in [2.75, 3.05) is 0 Å². The molecule has 0 unspecified atom stereocenters. The molecule has 0 bridgehead atoms. The summed E-state index contributed by atoms with van der Waals surface area (Å²) in [4.78, 5) is -1.09. The van der Waals surface area contributed by atoms with E-state index in [2.05, 4.69) is 4.37 Å². The van der Waals surface area contributed by atoms with Gasteiger partial charge in [-0.2, -0.15) is 30.7 Å². The molecule has 0 fully saturated rings. The lowest BCUT2D eigenvalue weighted by Crippen LogP contribution is -2.11. The summed E-state index contributed by atoms with van der Waals surface area (Å²) in [7, 11) is 0. The summed E-state index contributed by atoms with van der Waals surface area (Å²) >= 11 is 0.141. The Hall–Kier alpha value is -2.62. The normalized spacial score (nSPS) is 12.3. The van der Waals surface area contributed by atoms with Gasteiger partial charge < -0.3 is 4.74 Å². The van der Waals surface area contributed by atoms with Gasteiger partial charge in [0.1, 0.15) is 23.1 Å². The van der Waals surface area contributed by atoms with Gasteiger partial charge in [0.15, 0.2) is 0 Å². The highest BCUT2D eigenvalue weighted by Gasteiger charge is 2.38. The molecule has 172 valence electrons. The minimum absolute atomic E-state index is 0.0722. The number of hydrogen-bond donors (Lipinski definition) is 0. The number of halogens is 7. The van der Waals surface area contributed by atoms with E-state index < -0.39 is 40.8 Å². The third-order valence-corrected chi connectivity index (χ3v) is 5.65. The molecule has 0 N–H and O–H groups in total. The van der Waals surface area contributed by atoms with Crippen molar-refractivity contribution in [3.8, 4) is 17.0 Å². The van der Waals surface area contributed by atoms with Crippen molar-refractivity contribution in [3.05, 3.63) is 69.3 Å². The van der Waals surface area contributed by atoms with Crippen LogP contribution in [0.3, 0.4) is 0 Å². The second-order valence-electron chi connectivity index (χ2n) is 7.18. The summed E-state index contributed by atoms with van der Waals surface area (Å²) in [6.07, 6.45) is -8.73. The molecule has 1 aromatic heterocycles. The molecule has 0 saturated carbocycles. The largest absolute Gasteiger partial charge is 0.489 e. The maximum absolute atomic E-state index is 14.4. The molecule has 1 heterocycles. The van der Waals surface area contributed by atoms with Crippen LogP contribution in [0.1, 0.15) is 40.5 Å². The Balaban J connectivity index is 1.99. The van der Waals surface area contributed by atoms with Gasteiger partial charge in [-0.05, 0) is 60.3 Å². The molecule has 0 amide bonds. The summed E-state index contributed by atoms with van der Waals surface area (Å²) in [6.45, 7) is 2.64. The summed E-state index contributed by atoms with van der Waals surface area (Å²) < 4.78 is 104. The Morgan fingerprint density at radius 2 is 1.69 bits per heavy atom. The van der Waals surface area contributed by atoms with Crippen molar-refractivity contribution in [1.29, 1.82) is 0 Å². The lowest BCUT2D eigenvalue weighted by atomic mass is 10.0. The van der Waals surface area contributed by atoms with Crippen LogP contribution in [0.15, 0.2) is 36.4 Å². The summed E-state index contributed by atoms with van der Waals surface area (Å²) in [5, 5.41) is 0. The number of alkyl halides is 6. The first kappa shape index (κ1) is 24.0. The fourth-order valence-electron chi connectivity index (χ4n) is 3.24. The van der Waals surface area contributed by atoms with E-state index in [0.717, 1.165) is 12.1 Å². The van der Waals surface area contributed by atoms with Gasteiger partial charge in [-0.1, -0.05) is 25.5 Å². The average Bonchev–Trinajstić information content (AvgIpc) is 3.10. The molecule has 3 rings (SSSR count). The van der Waals surface area contributed by atoms with Crippen LogP contribution >= 0.6 is 11.5 Å². The number of benzene rings is 2. The summed E-state index contributed by atoms with van der Waals surface area (Å²) in [6, 6.07) is 7.29. The van der Waals surface area contributed by atoms with E-state index in [1.54, 1.807) is 13.8 Å². The zero-order valence-corrected chi connectivity index (χ0v) is 17.8. The Bertz CT molecular complexity index is 1100. The lowest BCUT2D eigenvalue weighted by molar-refractivity contribution is -0.138. The minimum atomic E-state index is -4.78. The van der Waals surface area contributed by atoms with Crippen LogP contribution in [0.4, 0.5) is 30.7 Å². The topological polar surface area (TPSA) is 22.1 Å². The van der Waals surface area contributed by atoms with Crippen molar-refractivity contribution < 1.29 is 35.5 Å². The zero-order valence-electron chi connectivity index (χ0n) is 17.0. The fraction of sp³-hybridized carbons (Fsp3) is 0.318. The first-order chi connectivity index (χ1) is 14.9. The second kappa shape index (κ2) is 9.09. The van der Waals surface area contributed by atoms with Crippen LogP contribution in [0.5, 0.6) is 5.75 Å². The van der Waals surface area contributed by atoms with Gasteiger partial charge in [0, 0.05) is 11.1 Å². The molecule has 3 aromatic rings. The Kier molecular flexibility index (Phi) is 6.83. The molecule has 0 aliphatic rings. The highest BCUT2D eigenvalue weighted by molar-refractivity contribution is 7.06. The van der Waals surface area contributed by atoms with E-state index >= 15 is 0 Å². The highest BCUT2D eigenvalue weighted by atomic mass is 32.1. The van der Waals surface area contributed by atoms with Crippen molar-refractivity contribution in [3.63, 3.8) is 0 Å². The first-order valence-corrected chi connectivity index (χ1v) is 10.3. The van der Waals surface area contributed by atoms with E-state index in [4.69, 9.17) is 4.74 Å². The van der Waals surface area contributed by atoms with Gasteiger partial charge in [0.05, 0.1) is 11.3 Å². The Morgan fingerprint density at radius 3 is 2.28 bits per heavy atom. The van der Waals surface area contributed by atoms with Crippen LogP contribution in [-0.4, -0.2) is 4.37 Å². The van der Waals surface area contributed by atoms with Crippen LogP contribution in [0, 0.1) is 12.7 Å². The molecule has 0 aliphatic carbocycles. The lowest BCUT2D eigenvalue weighted by Gasteiger charge is -2.15. The average molecular weight is 477 g/mol. The molecule has 2 aromatic carbocycles. The summed E-state index contributed by atoms with van der Waals surface area (Å²) in [5.41, 5.74) is -1.09. The Labute approximate surface area is 183 Å². The standard InChI is InChI=1S/C22H18F7NOS/c1-3-4-13-6-7-14(10-17(13)21(24,25)26)31-11-16-19(30-32-20(16)22(27,28)29)15-8-5-12(2)9-18(15)23/h5-10H,3-4,11H2,1-2H3. The van der Waals surface area contributed by atoms with E-state index in [0.29, 0.717) is 12.0 Å². The number of hydrogen-bond acceptors (Lipinski definition) is 3. The number of nitrogens with zero attached hydrogens (tertiary/aromatic N) is 1. The van der Waals surface area contributed by atoms with Gasteiger partial charge in [-0.25, -0.2) is 4.39 Å². The number of ether oxygens (including phenoxy) is 1. The van der Waals surface area contributed by atoms with Crippen LogP contribution in [0.25, 0.3) is 11.3 Å². The van der Waals surface area contributed by atoms with Crippen LogP contribution < -0.4 is 4.74 Å². The minimum Gasteiger partial charge on any atom is -0.489 e. The molecule has 0 saturated heterocycles. The molecule has 0 atom stereocenters. The van der Waals surface area contributed by atoms with Crippen molar-refractivity contribution >= 4 is 11.5 Å². The number of aryl methyl sites for hydroxylation is 2. The van der Waals surface area contributed by atoms with E-state index in [9.17, 15) is 30.7 Å². The van der Waals surface area contributed by atoms with Crippen molar-refractivity contribution in [1.82, 2.24) is 4.37 Å². The molecule has 0 spiro atoms. The quantitative estimate of drug-likeness (QED) is 0.338. The van der Waals surface area contributed by atoms with Crippen molar-refractivity contribution in [2.45, 2.75) is 45.6 Å². The van der Waals surface area contributed by atoms with E-state index in [1.165, 1.54) is 24.3 Å². The zero-order chi connectivity index (χ0) is 23.7. The van der Waals surface area contributed by atoms with Gasteiger partial charge >= 0.3 is 12.4 Å². The molecular formula is C22H18F7NOS. The highest BCUT2D eigenvalue weighted by Crippen LogP contribution is 2.41. The van der Waals surface area contributed by atoms with Gasteiger partial charge in [-0.15, -0.1) is 0 Å². The van der Waals surface area contributed by atoms with Gasteiger partial charge in [0.25, 0.3) is 0 Å². The molecule has 0 radical (unpaired) electrons. The Morgan fingerprint density at radius 1 is 0.969 bits per heavy atom. The van der Waals surface area contributed by atoms with Crippen LogP contribution in [0.2, 0.25) is 0 Å². The molecule has 10 heteroatoms. The second-order valence-corrected chi connectivity index (χ2v) is 7.95. The van der Waals surface area contributed by atoms with E-state index in [1.807, 2.05) is 0 Å². The predicted molar refractivity (Wildman–Crippen MR) is 107 cm³/mol. The maximum atomic E-state index is 14.4. The third kappa shape index (κ3) is 5.23. The SMILES string of the molecule is CCCc1ccc(OCc2c(-c3ccc(C)cc3F)nsc2C(F)(F)F)cc1C(F)(F)F. The predicted octanol–water partition coefficient (Wildman–Crippen LogP) is 7.83. The first-order valence-electron chi connectivity index (χ1n) is 9.57. The smallest absolute Gasteiger partial charge is 0.427 e. The third-order valence-electron chi connectivity index (χ3n) is 4.71. The molecule has 2 nitrogen and oxygen atoms in total. The van der Waals surface area contributed by atoms with Gasteiger partial charge in [-0.3, -0.25) is 0 Å². The molecule has 32 heavy (non-hydrogen) atoms. The fourth-order valence-corrected chi connectivity index (χ4v) is 4.00. The maximum Gasteiger partial charge on any atom is 0.427 e. The van der Waals surface area contributed by atoms with E-state index in [-0.39, 0.29) is 40.5 Å². The van der Waals surface area contributed by atoms with Crippen molar-refractivity contribution in [2.24, 2.45) is 0 Å². The number of rotatable bonds is 6. The summed E-state index contributed by atoms with van der Waals surface area (Å²) in [5.74, 6) is -1.000.